The second-order valence-corrected chi connectivity index (χ2v) is 5.70. The third-order valence-electron chi connectivity index (χ3n) is 4.05. The predicted molar refractivity (Wildman–Crippen MR) is 99.2 cm³/mol. The Morgan fingerprint density at radius 1 is 1.33 bits per heavy atom. The molecule has 5 heteroatoms. The topological polar surface area (TPSA) is 47.9 Å². The van der Waals surface area contributed by atoms with E-state index in [4.69, 9.17) is 4.99 Å². The molecule has 1 aliphatic heterocycles. The molecule has 0 aromatic rings. The summed E-state index contributed by atoms with van der Waals surface area (Å²) in [6.07, 6.45) is 11.5. The van der Waals surface area contributed by atoms with Crippen molar-refractivity contribution in [2.24, 2.45) is 10.9 Å². The number of allylic oxidation sites excluding steroid dienone is 2. The molecule has 21 heavy (non-hydrogen) atoms. The van der Waals surface area contributed by atoms with Gasteiger partial charge >= 0.3 is 0 Å². The number of likely N-dealkylation sites (tertiary alicyclic amines) is 1. The monoisotopic (exact) mass is 405 g/mol. The normalized spacial score (nSPS) is 23.6. The number of nitrogens with one attached hydrogen (secondary N) is 1. The number of hydrogen-bond donors (Lipinski definition) is 2. The second-order valence-electron chi connectivity index (χ2n) is 5.70. The summed E-state index contributed by atoms with van der Waals surface area (Å²) >= 11 is 0. The maximum absolute atomic E-state index is 9.61. The van der Waals surface area contributed by atoms with Crippen molar-refractivity contribution in [2.45, 2.75) is 38.2 Å². The lowest BCUT2D eigenvalue weighted by Gasteiger charge is -2.32. The van der Waals surface area contributed by atoms with Crippen molar-refractivity contribution in [3.63, 3.8) is 0 Å². The number of piperidine rings is 1. The van der Waals surface area contributed by atoms with Crippen LogP contribution in [0.25, 0.3) is 0 Å². The SMILES string of the molecule is C=CCNC(=NCC1CC=CCC1)N1CCC(O)CC1.I. The first-order valence-electron chi connectivity index (χ1n) is 7.77. The fraction of sp³-hybridized carbons (Fsp3) is 0.688. The quantitative estimate of drug-likeness (QED) is 0.327. The molecule has 1 unspecified atom stereocenters. The first-order chi connectivity index (χ1) is 9.79. The number of rotatable bonds is 4. The molecule has 2 N–H and O–H groups in total. The Hall–Kier alpha value is -0.560. The van der Waals surface area contributed by atoms with Crippen LogP contribution in [0.1, 0.15) is 32.1 Å². The van der Waals surface area contributed by atoms with Gasteiger partial charge in [0.2, 0.25) is 0 Å². The number of hydrogen-bond acceptors (Lipinski definition) is 2. The van der Waals surface area contributed by atoms with Gasteiger partial charge in [-0.05, 0) is 38.0 Å². The summed E-state index contributed by atoms with van der Waals surface area (Å²) in [5.74, 6) is 1.65. The lowest BCUT2D eigenvalue weighted by molar-refractivity contribution is 0.108. The molecule has 1 heterocycles. The Morgan fingerprint density at radius 3 is 2.71 bits per heavy atom. The van der Waals surface area contributed by atoms with Gasteiger partial charge in [-0.25, -0.2) is 0 Å². The average Bonchev–Trinajstić information content (AvgIpc) is 2.50. The highest BCUT2D eigenvalue weighted by molar-refractivity contribution is 14.0. The van der Waals surface area contributed by atoms with Crippen LogP contribution in [0.5, 0.6) is 0 Å². The van der Waals surface area contributed by atoms with Crippen LogP contribution in [0, 0.1) is 5.92 Å². The van der Waals surface area contributed by atoms with Crippen LogP contribution in [-0.4, -0.2) is 48.2 Å². The van der Waals surface area contributed by atoms with Gasteiger partial charge in [0.05, 0.1) is 6.10 Å². The molecule has 0 aromatic heterocycles. The van der Waals surface area contributed by atoms with Crippen molar-refractivity contribution in [3.05, 3.63) is 24.8 Å². The predicted octanol–water partition coefficient (Wildman–Crippen LogP) is 2.55. The van der Waals surface area contributed by atoms with E-state index in [-0.39, 0.29) is 30.1 Å². The Kier molecular flexibility index (Phi) is 8.99. The summed E-state index contributed by atoms with van der Waals surface area (Å²) in [7, 11) is 0. The molecule has 0 amide bonds. The third-order valence-corrected chi connectivity index (χ3v) is 4.05. The highest BCUT2D eigenvalue weighted by Crippen LogP contribution is 2.18. The minimum Gasteiger partial charge on any atom is -0.393 e. The molecule has 1 fully saturated rings. The van der Waals surface area contributed by atoms with E-state index in [9.17, 15) is 5.11 Å². The summed E-state index contributed by atoms with van der Waals surface area (Å²) in [6.45, 7) is 7.15. The molecule has 2 rings (SSSR count). The summed E-state index contributed by atoms with van der Waals surface area (Å²) in [6, 6.07) is 0. The largest absolute Gasteiger partial charge is 0.393 e. The van der Waals surface area contributed by atoms with Crippen molar-refractivity contribution in [2.75, 3.05) is 26.2 Å². The van der Waals surface area contributed by atoms with Crippen LogP contribution < -0.4 is 5.32 Å². The minimum atomic E-state index is -0.143. The molecule has 0 aromatic carbocycles. The van der Waals surface area contributed by atoms with E-state index in [1.807, 2.05) is 6.08 Å². The molecule has 0 saturated carbocycles. The second kappa shape index (κ2) is 10.2. The van der Waals surface area contributed by atoms with Gasteiger partial charge in [-0.2, -0.15) is 0 Å². The van der Waals surface area contributed by atoms with Gasteiger partial charge < -0.3 is 15.3 Å². The van der Waals surface area contributed by atoms with E-state index in [0.717, 1.165) is 51.4 Å². The van der Waals surface area contributed by atoms with Crippen LogP contribution in [0.4, 0.5) is 0 Å². The Balaban J connectivity index is 0.00000220. The fourth-order valence-electron chi connectivity index (χ4n) is 2.75. The highest BCUT2D eigenvalue weighted by Gasteiger charge is 2.20. The number of aliphatic hydroxyl groups excluding tert-OH is 1. The molecule has 1 atom stereocenters. The maximum Gasteiger partial charge on any atom is 0.194 e. The molecule has 0 radical (unpaired) electrons. The molecule has 1 saturated heterocycles. The summed E-state index contributed by atoms with van der Waals surface area (Å²) < 4.78 is 0. The Labute approximate surface area is 145 Å². The van der Waals surface area contributed by atoms with Crippen LogP contribution in [0.3, 0.4) is 0 Å². The van der Waals surface area contributed by atoms with Crippen molar-refractivity contribution < 1.29 is 5.11 Å². The number of aliphatic hydroxyl groups is 1. The zero-order chi connectivity index (χ0) is 14.2. The van der Waals surface area contributed by atoms with Crippen LogP contribution in [0.15, 0.2) is 29.8 Å². The van der Waals surface area contributed by atoms with Gasteiger partial charge in [-0.3, -0.25) is 4.99 Å². The van der Waals surface area contributed by atoms with E-state index < -0.39 is 0 Å². The van der Waals surface area contributed by atoms with Crippen molar-refractivity contribution in [1.29, 1.82) is 0 Å². The van der Waals surface area contributed by atoms with E-state index in [2.05, 4.69) is 28.9 Å². The van der Waals surface area contributed by atoms with Gasteiger partial charge in [-0.1, -0.05) is 18.2 Å². The van der Waals surface area contributed by atoms with E-state index in [0.29, 0.717) is 5.92 Å². The first kappa shape index (κ1) is 18.5. The van der Waals surface area contributed by atoms with Crippen molar-refractivity contribution >= 4 is 29.9 Å². The van der Waals surface area contributed by atoms with E-state index in [1.165, 1.54) is 12.8 Å². The molecule has 1 aliphatic carbocycles. The number of guanidine groups is 1. The lowest BCUT2D eigenvalue weighted by atomic mass is 9.95. The molecule has 0 spiro atoms. The summed E-state index contributed by atoms with van der Waals surface area (Å²) in [5.41, 5.74) is 0. The van der Waals surface area contributed by atoms with Gasteiger partial charge in [0.1, 0.15) is 0 Å². The van der Waals surface area contributed by atoms with E-state index in [1.54, 1.807) is 0 Å². The first-order valence-corrected chi connectivity index (χ1v) is 7.77. The molecule has 2 aliphatic rings. The number of aliphatic imine (C=N–C) groups is 1. The van der Waals surface area contributed by atoms with Gasteiger partial charge in [0.25, 0.3) is 0 Å². The zero-order valence-corrected chi connectivity index (χ0v) is 15.0. The van der Waals surface area contributed by atoms with Crippen molar-refractivity contribution in [1.82, 2.24) is 10.2 Å². The van der Waals surface area contributed by atoms with Crippen molar-refractivity contribution in [3.8, 4) is 0 Å². The molecule has 120 valence electrons. The molecule has 0 bridgehead atoms. The van der Waals surface area contributed by atoms with Crippen LogP contribution in [-0.2, 0) is 0 Å². The molecule has 4 nitrogen and oxygen atoms in total. The standard InChI is InChI=1S/C16H27N3O.HI/c1-2-10-17-16(19-11-8-15(20)9-12-19)18-13-14-6-4-3-5-7-14;/h2-4,14-15,20H,1,5-13H2,(H,17,18);1H. The fourth-order valence-corrected chi connectivity index (χ4v) is 2.75. The minimum absolute atomic E-state index is 0. The lowest BCUT2D eigenvalue weighted by Crippen LogP contribution is -2.46. The smallest absolute Gasteiger partial charge is 0.194 e. The Bertz CT molecular complexity index is 363. The van der Waals surface area contributed by atoms with Gasteiger partial charge in [-0.15, -0.1) is 30.6 Å². The molecular formula is C16H28IN3O. The van der Waals surface area contributed by atoms with Gasteiger partial charge in [0.15, 0.2) is 5.96 Å². The third kappa shape index (κ3) is 6.38. The number of halogens is 1. The summed E-state index contributed by atoms with van der Waals surface area (Å²) in [4.78, 5) is 7.06. The van der Waals surface area contributed by atoms with Crippen LogP contribution in [0.2, 0.25) is 0 Å². The Morgan fingerprint density at radius 2 is 2.10 bits per heavy atom. The average molecular weight is 405 g/mol. The van der Waals surface area contributed by atoms with Crippen LogP contribution >= 0.6 is 24.0 Å². The molecular weight excluding hydrogens is 377 g/mol. The highest BCUT2D eigenvalue weighted by atomic mass is 127. The maximum atomic E-state index is 9.61. The van der Waals surface area contributed by atoms with E-state index >= 15 is 0 Å². The number of nitrogens with zero attached hydrogens (tertiary/aromatic N) is 2. The zero-order valence-electron chi connectivity index (χ0n) is 12.7. The van der Waals surface area contributed by atoms with Gasteiger partial charge in [0, 0.05) is 26.2 Å². The summed E-state index contributed by atoms with van der Waals surface area (Å²) in [5, 5.41) is 13.0.